The second-order valence-electron chi connectivity index (χ2n) is 11.1. The van der Waals surface area contributed by atoms with Crippen molar-refractivity contribution in [3.63, 3.8) is 0 Å². The Bertz CT molecular complexity index is 433. The minimum Gasteiger partial charge on any atom is -0.372 e. The van der Waals surface area contributed by atoms with E-state index >= 15 is 0 Å². The summed E-state index contributed by atoms with van der Waals surface area (Å²) in [5.41, 5.74) is 0.163. The number of likely N-dealkylation sites (tertiary alicyclic amines) is 1. The lowest BCUT2D eigenvalue weighted by Crippen LogP contribution is -2.57. The van der Waals surface area contributed by atoms with Gasteiger partial charge in [-0.1, -0.05) is 97.8 Å². The lowest BCUT2D eigenvalue weighted by molar-refractivity contribution is -0.136. The number of morpholine rings is 1. The van der Waals surface area contributed by atoms with Crippen LogP contribution in [-0.2, 0) is 4.74 Å². The monoisotopic (exact) mass is 450 g/mol. The van der Waals surface area contributed by atoms with Crippen LogP contribution in [0.25, 0.3) is 0 Å². The average Bonchev–Trinajstić information content (AvgIpc) is 2.81. The van der Waals surface area contributed by atoms with Crippen LogP contribution >= 0.6 is 0 Å². The van der Waals surface area contributed by atoms with Crippen molar-refractivity contribution in [1.82, 2.24) is 9.80 Å². The zero-order valence-corrected chi connectivity index (χ0v) is 22.4. The van der Waals surface area contributed by atoms with Gasteiger partial charge in [-0.25, -0.2) is 0 Å². The SMILES string of the molecule is CCCCCCCCCN1CCOC2(CCN(CC(CCCC)CCCCCC)CC2)C1. The Morgan fingerprint density at radius 3 is 1.94 bits per heavy atom. The Morgan fingerprint density at radius 1 is 0.656 bits per heavy atom. The molecule has 0 aliphatic carbocycles. The molecule has 0 aromatic heterocycles. The van der Waals surface area contributed by atoms with Gasteiger partial charge in [-0.05, 0) is 44.6 Å². The Balaban J connectivity index is 1.66. The van der Waals surface area contributed by atoms with Crippen LogP contribution in [0.5, 0.6) is 0 Å². The molecule has 2 rings (SSSR count). The number of ether oxygens (including phenoxy) is 1. The van der Waals surface area contributed by atoms with E-state index in [1.165, 1.54) is 142 Å². The van der Waals surface area contributed by atoms with Gasteiger partial charge in [0.05, 0.1) is 12.2 Å². The first-order valence-electron chi connectivity index (χ1n) is 14.8. The minimum absolute atomic E-state index is 0.163. The summed E-state index contributed by atoms with van der Waals surface area (Å²) >= 11 is 0. The van der Waals surface area contributed by atoms with Crippen molar-refractivity contribution in [2.75, 3.05) is 45.9 Å². The van der Waals surface area contributed by atoms with Crippen molar-refractivity contribution >= 4 is 0 Å². The van der Waals surface area contributed by atoms with E-state index in [-0.39, 0.29) is 5.60 Å². The van der Waals surface area contributed by atoms with E-state index in [1.807, 2.05) is 0 Å². The van der Waals surface area contributed by atoms with Gasteiger partial charge >= 0.3 is 0 Å². The summed E-state index contributed by atoms with van der Waals surface area (Å²) in [5, 5.41) is 0. The molecule has 32 heavy (non-hydrogen) atoms. The predicted molar refractivity (Wildman–Crippen MR) is 141 cm³/mol. The van der Waals surface area contributed by atoms with Crippen LogP contribution in [-0.4, -0.2) is 61.3 Å². The van der Waals surface area contributed by atoms with Gasteiger partial charge in [-0.15, -0.1) is 0 Å². The fourth-order valence-corrected chi connectivity index (χ4v) is 5.90. The fourth-order valence-electron chi connectivity index (χ4n) is 5.90. The molecule has 2 aliphatic heterocycles. The smallest absolute Gasteiger partial charge is 0.0833 e. The first-order chi connectivity index (χ1) is 15.7. The Morgan fingerprint density at radius 2 is 1.25 bits per heavy atom. The molecule has 0 bridgehead atoms. The number of piperidine rings is 1. The molecule has 0 amide bonds. The molecule has 2 aliphatic rings. The molecular weight excluding hydrogens is 392 g/mol. The van der Waals surface area contributed by atoms with E-state index in [1.54, 1.807) is 0 Å². The zero-order chi connectivity index (χ0) is 22.9. The molecule has 0 N–H and O–H groups in total. The van der Waals surface area contributed by atoms with Gasteiger partial charge in [0.15, 0.2) is 0 Å². The topological polar surface area (TPSA) is 15.7 Å². The van der Waals surface area contributed by atoms with Crippen molar-refractivity contribution in [1.29, 1.82) is 0 Å². The normalized spacial score (nSPS) is 20.7. The summed E-state index contributed by atoms with van der Waals surface area (Å²) in [5.74, 6) is 0.918. The van der Waals surface area contributed by atoms with Crippen molar-refractivity contribution in [2.24, 2.45) is 5.92 Å². The molecule has 1 spiro atoms. The van der Waals surface area contributed by atoms with Gasteiger partial charge in [0.25, 0.3) is 0 Å². The Hall–Kier alpha value is -0.120. The van der Waals surface area contributed by atoms with Crippen molar-refractivity contribution in [2.45, 2.75) is 136 Å². The molecule has 2 fully saturated rings. The van der Waals surface area contributed by atoms with E-state index in [0.717, 1.165) is 19.1 Å². The average molecular weight is 451 g/mol. The third kappa shape index (κ3) is 11.3. The first kappa shape index (κ1) is 28.1. The highest BCUT2D eigenvalue weighted by molar-refractivity contribution is 4.93. The molecule has 1 atom stereocenters. The van der Waals surface area contributed by atoms with E-state index in [4.69, 9.17) is 4.74 Å². The van der Waals surface area contributed by atoms with Crippen molar-refractivity contribution in [3.05, 3.63) is 0 Å². The quantitative estimate of drug-likeness (QED) is 0.199. The van der Waals surface area contributed by atoms with Gasteiger partial charge in [0.2, 0.25) is 0 Å². The highest BCUT2D eigenvalue weighted by atomic mass is 16.5. The summed E-state index contributed by atoms with van der Waals surface area (Å²) in [6.45, 7) is 15.4. The second-order valence-corrected chi connectivity index (χ2v) is 11.1. The van der Waals surface area contributed by atoms with Crippen molar-refractivity contribution < 1.29 is 4.74 Å². The molecule has 0 radical (unpaired) electrons. The van der Waals surface area contributed by atoms with Crippen LogP contribution in [0.15, 0.2) is 0 Å². The molecule has 3 nitrogen and oxygen atoms in total. The Labute approximate surface area is 202 Å². The van der Waals surface area contributed by atoms with Crippen LogP contribution in [0.2, 0.25) is 0 Å². The van der Waals surface area contributed by atoms with Gasteiger partial charge < -0.3 is 9.64 Å². The van der Waals surface area contributed by atoms with E-state index in [9.17, 15) is 0 Å². The Kier molecular flexibility index (Phi) is 15.2. The zero-order valence-electron chi connectivity index (χ0n) is 22.4. The lowest BCUT2D eigenvalue weighted by atomic mass is 9.87. The third-order valence-electron chi connectivity index (χ3n) is 8.12. The number of unbranched alkanes of at least 4 members (excludes halogenated alkanes) is 10. The number of hydrogen-bond acceptors (Lipinski definition) is 3. The molecular formula is C29H58N2O. The minimum atomic E-state index is 0.163. The maximum atomic E-state index is 6.45. The van der Waals surface area contributed by atoms with Crippen LogP contribution < -0.4 is 0 Å². The number of hydrogen-bond donors (Lipinski definition) is 0. The highest BCUT2D eigenvalue weighted by Crippen LogP contribution is 2.31. The number of nitrogens with zero attached hydrogens (tertiary/aromatic N) is 2. The lowest BCUT2D eigenvalue weighted by Gasteiger charge is -2.48. The van der Waals surface area contributed by atoms with Crippen molar-refractivity contribution in [3.8, 4) is 0 Å². The van der Waals surface area contributed by atoms with Gasteiger partial charge in [-0.2, -0.15) is 0 Å². The predicted octanol–water partition coefficient (Wildman–Crippen LogP) is 7.68. The van der Waals surface area contributed by atoms with Gasteiger partial charge in [0.1, 0.15) is 0 Å². The van der Waals surface area contributed by atoms with Crippen LogP contribution in [0.4, 0.5) is 0 Å². The molecule has 2 heterocycles. The van der Waals surface area contributed by atoms with Crippen LogP contribution in [0, 0.1) is 5.92 Å². The molecule has 2 saturated heterocycles. The summed E-state index contributed by atoms with van der Waals surface area (Å²) in [6.07, 6.45) is 23.7. The second kappa shape index (κ2) is 17.3. The van der Waals surface area contributed by atoms with Gasteiger partial charge in [0, 0.05) is 32.7 Å². The largest absolute Gasteiger partial charge is 0.372 e. The van der Waals surface area contributed by atoms with Crippen LogP contribution in [0.1, 0.15) is 130 Å². The molecule has 0 saturated carbocycles. The maximum absolute atomic E-state index is 6.45. The van der Waals surface area contributed by atoms with E-state index < -0.39 is 0 Å². The van der Waals surface area contributed by atoms with E-state index in [2.05, 4.69) is 30.6 Å². The maximum Gasteiger partial charge on any atom is 0.0833 e. The summed E-state index contributed by atoms with van der Waals surface area (Å²) in [7, 11) is 0. The third-order valence-corrected chi connectivity index (χ3v) is 8.12. The number of rotatable bonds is 18. The highest BCUT2D eigenvalue weighted by Gasteiger charge is 2.39. The molecule has 190 valence electrons. The summed E-state index contributed by atoms with van der Waals surface area (Å²) in [4.78, 5) is 5.51. The molecule has 3 heteroatoms. The van der Waals surface area contributed by atoms with Crippen LogP contribution in [0.3, 0.4) is 0 Å². The standard InChI is InChI=1S/C29H58N2O/c1-4-7-10-12-13-14-16-21-31-24-25-32-29(27-31)19-22-30(23-20-29)26-28(17-9-6-3)18-15-11-8-5-2/h28H,4-27H2,1-3H3. The van der Waals surface area contributed by atoms with E-state index in [0.29, 0.717) is 0 Å². The van der Waals surface area contributed by atoms with Gasteiger partial charge in [-0.3, -0.25) is 4.90 Å². The summed E-state index contributed by atoms with van der Waals surface area (Å²) in [6, 6.07) is 0. The molecule has 1 unspecified atom stereocenters. The molecule has 0 aromatic rings. The fraction of sp³-hybridized carbons (Fsp3) is 1.00. The first-order valence-corrected chi connectivity index (χ1v) is 14.8. The summed E-state index contributed by atoms with van der Waals surface area (Å²) < 4.78 is 6.45. The molecule has 0 aromatic carbocycles.